The highest BCUT2D eigenvalue weighted by atomic mass is 16.6. The van der Waals surface area contributed by atoms with Crippen LogP contribution in [0, 0.1) is 0 Å². The summed E-state index contributed by atoms with van der Waals surface area (Å²) in [6, 6.07) is 0. The fourth-order valence-corrected chi connectivity index (χ4v) is 5.33. The Morgan fingerprint density at radius 1 is 0.500 bits per heavy atom. The van der Waals surface area contributed by atoms with Crippen LogP contribution in [0.25, 0.3) is 0 Å². The van der Waals surface area contributed by atoms with Crippen molar-refractivity contribution in [3.8, 4) is 0 Å². The van der Waals surface area contributed by atoms with Gasteiger partial charge in [0.05, 0.1) is 6.10 Å². The van der Waals surface area contributed by atoms with E-state index in [-0.39, 0.29) is 31.3 Å². The molecule has 0 heterocycles. The molecule has 0 radical (unpaired) electrons. The van der Waals surface area contributed by atoms with E-state index in [0.717, 1.165) is 64.2 Å². The third kappa shape index (κ3) is 38.3. The van der Waals surface area contributed by atoms with E-state index < -0.39 is 6.10 Å². The molecule has 0 aliphatic carbocycles. The quantitative estimate of drug-likeness (QED) is 0.0395. The average Bonchev–Trinajstić information content (AvgIpc) is 3.07. The van der Waals surface area contributed by atoms with Crippen molar-refractivity contribution in [2.75, 3.05) is 13.2 Å². The summed E-state index contributed by atoms with van der Waals surface area (Å²) in [5.74, 6) is -0.642. The van der Waals surface area contributed by atoms with Crippen molar-refractivity contribution in [1.29, 1.82) is 0 Å². The monoisotopic (exact) mass is 675 g/mol. The summed E-state index contributed by atoms with van der Waals surface area (Å²) in [7, 11) is 0. The molecular formula is C42H74O6. The van der Waals surface area contributed by atoms with Crippen molar-refractivity contribution >= 4 is 11.9 Å². The normalized spacial score (nSPS) is 13.3. The molecule has 2 N–H and O–H groups in total. The van der Waals surface area contributed by atoms with Crippen LogP contribution in [0.1, 0.15) is 181 Å². The smallest absolute Gasteiger partial charge is 0.305 e. The van der Waals surface area contributed by atoms with Gasteiger partial charge < -0.3 is 19.7 Å². The van der Waals surface area contributed by atoms with Gasteiger partial charge in [-0.2, -0.15) is 0 Å². The van der Waals surface area contributed by atoms with E-state index in [1.165, 1.54) is 83.5 Å². The van der Waals surface area contributed by atoms with Gasteiger partial charge in [0.15, 0.2) is 0 Å². The summed E-state index contributed by atoms with van der Waals surface area (Å²) in [6.45, 7) is 3.81. The zero-order valence-corrected chi connectivity index (χ0v) is 31.1. The zero-order valence-electron chi connectivity index (χ0n) is 31.1. The van der Waals surface area contributed by atoms with Crippen molar-refractivity contribution < 1.29 is 29.3 Å². The van der Waals surface area contributed by atoms with Gasteiger partial charge in [-0.15, -0.1) is 0 Å². The maximum atomic E-state index is 12.0. The van der Waals surface area contributed by atoms with E-state index in [2.05, 4.69) is 55.5 Å². The van der Waals surface area contributed by atoms with Gasteiger partial charge in [-0.1, -0.05) is 152 Å². The number of rotatable bonds is 35. The van der Waals surface area contributed by atoms with Crippen LogP contribution in [-0.2, 0) is 19.1 Å². The zero-order chi connectivity index (χ0) is 35.2. The highest BCUT2D eigenvalue weighted by Gasteiger charge is 2.12. The minimum Gasteiger partial charge on any atom is -0.463 e. The number of hydrogen-bond donors (Lipinski definition) is 2. The maximum Gasteiger partial charge on any atom is 0.305 e. The minimum atomic E-state index is -0.993. The summed E-state index contributed by atoms with van der Waals surface area (Å²) in [5, 5.41) is 19.2. The van der Waals surface area contributed by atoms with Crippen molar-refractivity contribution in [2.45, 2.75) is 193 Å². The fraction of sp³-hybridized carbons (Fsp3) is 0.762. The predicted octanol–water partition coefficient (Wildman–Crippen LogP) is 11.2. The van der Waals surface area contributed by atoms with Crippen LogP contribution in [0.3, 0.4) is 0 Å². The maximum absolute atomic E-state index is 12.0. The van der Waals surface area contributed by atoms with Crippen molar-refractivity contribution in [2.24, 2.45) is 0 Å². The van der Waals surface area contributed by atoms with E-state index in [9.17, 15) is 19.8 Å². The van der Waals surface area contributed by atoms with Gasteiger partial charge in [-0.25, -0.2) is 0 Å². The summed E-state index contributed by atoms with van der Waals surface area (Å²) >= 11 is 0. The number of aliphatic hydroxyl groups excluding tert-OH is 2. The van der Waals surface area contributed by atoms with Gasteiger partial charge in [0.2, 0.25) is 0 Å². The Balaban J connectivity index is 3.53. The number of ether oxygens (including phenoxy) is 2. The topological polar surface area (TPSA) is 93.1 Å². The van der Waals surface area contributed by atoms with Crippen LogP contribution in [0.5, 0.6) is 0 Å². The third-order valence-electron chi connectivity index (χ3n) is 8.34. The van der Waals surface area contributed by atoms with Gasteiger partial charge in [0, 0.05) is 12.8 Å². The van der Waals surface area contributed by atoms with Crippen molar-refractivity contribution in [3.63, 3.8) is 0 Å². The lowest BCUT2D eigenvalue weighted by atomic mass is 10.0. The lowest BCUT2D eigenvalue weighted by Crippen LogP contribution is -2.25. The molecule has 0 fully saturated rings. The first-order chi connectivity index (χ1) is 23.5. The van der Waals surface area contributed by atoms with E-state index in [4.69, 9.17) is 9.47 Å². The molecule has 0 saturated heterocycles. The van der Waals surface area contributed by atoms with Crippen LogP contribution in [0.2, 0.25) is 0 Å². The molecule has 0 saturated carbocycles. The highest BCUT2D eigenvalue weighted by Crippen LogP contribution is 2.14. The van der Waals surface area contributed by atoms with Crippen molar-refractivity contribution in [3.05, 3.63) is 48.6 Å². The van der Waals surface area contributed by atoms with Gasteiger partial charge in [-0.3, -0.25) is 9.59 Å². The predicted molar refractivity (Wildman–Crippen MR) is 202 cm³/mol. The molecule has 0 unspecified atom stereocenters. The number of allylic oxidation sites excluding steroid dienone is 8. The van der Waals surface area contributed by atoms with Gasteiger partial charge in [0.1, 0.15) is 19.3 Å². The molecule has 0 amide bonds. The Hall–Kier alpha value is -2.18. The second kappa shape index (κ2) is 37.6. The molecule has 6 nitrogen and oxygen atoms in total. The number of hydrogen-bond acceptors (Lipinski definition) is 6. The molecule has 0 aromatic heterocycles. The van der Waals surface area contributed by atoms with Crippen LogP contribution < -0.4 is 0 Å². The summed E-state index contributed by atoms with van der Waals surface area (Å²) in [6.07, 6.45) is 44.4. The molecule has 0 aliphatic heterocycles. The largest absolute Gasteiger partial charge is 0.463 e. The number of unbranched alkanes of at least 4 members (excludes halogenated alkanes) is 17. The SMILES string of the molecule is CCCCCCCCCCCCCCCCCCC(=O)OC[C@@H](O)COC(=O)CCC/C=C\C/C=C\C/C=C\C/C=C\CCC[C@@H](C)O. The Kier molecular flexibility index (Phi) is 35.9. The van der Waals surface area contributed by atoms with E-state index in [1.807, 2.05) is 6.92 Å². The molecule has 0 bridgehead atoms. The first-order valence-electron chi connectivity index (χ1n) is 19.7. The molecular weight excluding hydrogens is 600 g/mol. The van der Waals surface area contributed by atoms with Crippen LogP contribution in [0.15, 0.2) is 48.6 Å². The molecule has 0 rings (SSSR count). The summed E-state index contributed by atoms with van der Waals surface area (Å²) in [5.41, 5.74) is 0. The Morgan fingerprint density at radius 3 is 1.27 bits per heavy atom. The van der Waals surface area contributed by atoms with E-state index in [1.54, 1.807) is 0 Å². The third-order valence-corrected chi connectivity index (χ3v) is 8.34. The van der Waals surface area contributed by atoms with Crippen LogP contribution >= 0.6 is 0 Å². The molecule has 6 heteroatoms. The molecule has 2 atom stereocenters. The van der Waals surface area contributed by atoms with E-state index in [0.29, 0.717) is 19.3 Å². The highest BCUT2D eigenvalue weighted by molar-refractivity contribution is 5.69. The Bertz CT molecular complexity index is 828. The minimum absolute atomic E-state index is 0.139. The Labute approximate surface area is 295 Å². The van der Waals surface area contributed by atoms with E-state index >= 15 is 0 Å². The van der Waals surface area contributed by atoms with Crippen LogP contribution in [-0.4, -0.2) is 47.6 Å². The molecule has 0 spiro atoms. The van der Waals surface area contributed by atoms with Gasteiger partial charge in [0.25, 0.3) is 0 Å². The van der Waals surface area contributed by atoms with Crippen LogP contribution in [0.4, 0.5) is 0 Å². The molecule has 278 valence electrons. The molecule has 48 heavy (non-hydrogen) atoms. The van der Waals surface area contributed by atoms with Gasteiger partial charge in [-0.05, 0) is 64.7 Å². The first-order valence-corrected chi connectivity index (χ1v) is 19.7. The number of carbonyl (C=O) groups is 2. The lowest BCUT2D eigenvalue weighted by Gasteiger charge is -2.12. The summed E-state index contributed by atoms with van der Waals surface area (Å²) < 4.78 is 10.3. The van der Waals surface area contributed by atoms with Gasteiger partial charge >= 0.3 is 11.9 Å². The standard InChI is InChI=1S/C42H74O6/c1-3-4-5-6-7-8-9-10-11-14-17-20-23-26-29-32-35-41(45)47-37-40(44)38-48-42(46)36-33-30-27-24-21-18-15-12-13-16-19-22-25-28-31-34-39(2)43/h13,15-16,18,22,24-25,27,39-40,43-44H,3-12,14,17,19-21,23,26,28-38H2,1-2H3/b16-13-,18-15-,25-22-,27-24-/t39-,40-/m1/s1. The number of carbonyl (C=O) groups excluding carboxylic acids is 2. The molecule has 0 aliphatic rings. The summed E-state index contributed by atoms with van der Waals surface area (Å²) in [4.78, 5) is 23.9. The number of esters is 2. The van der Waals surface area contributed by atoms with Crippen molar-refractivity contribution in [1.82, 2.24) is 0 Å². The Morgan fingerprint density at radius 2 is 0.854 bits per heavy atom. The first kappa shape index (κ1) is 45.8. The molecule has 0 aromatic rings. The second-order valence-corrected chi connectivity index (χ2v) is 13.3. The lowest BCUT2D eigenvalue weighted by molar-refractivity contribution is -0.152. The number of aliphatic hydroxyl groups is 2. The second-order valence-electron chi connectivity index (χ2n) is 13.3. The molecule has 0 aromatic carbocycles. The average molecular weight is 675 g/mol. The fourth-order valence-electron chi connectivity index (χ4n) is 5.33.